The van der Waals surface area contributed by atoms with Crippen LogP contribution in [-0.4, -0.2) is 25.9 Å². The van der Waals surface area contributed by atoms with E-state index >= 15 is 0 Å². The predicted molar refractivity (Wildman–Crippen MR) is 88.8 cm³/mol. The second-order valence-electron chi connectivity index (χ2n) is 5.28. The fourth-order valence-corrected chi connectivity index (χ4v) is 2.58. The second-order valence-corrected chi connectivity index (χ2v) is 5.72. The van der Waals surface area contributed by atoms with Crippen LogP contribution in [0.5, 0.6) is 5.88 Å². The Balaban J connectivity index is 1.98. The topological polar surface area (TPSA) is 63.3 Å². The number of fused-ring (bicyclic) bond motifs is 1. The van der Waals surface area contributed by atoms with Crippen molar-refractivity contribution in [2.45, 2.75) is 26.2 Å². The Labute approximate surface area is 134 Å². The zero-order valence-corrected chi connectivity index (χ0v) is 13.3. The zero-order valence-electron chi connectivity index (χ0n) is 12.5. The lowest BCUT2D eigenvalue weighted by Gasteiger charge is -2.00. The van der Waals surface area contributed by atoms with Crippen molar-refractivity contribution in [2.75, 3.05) is 0 Å². The number of halogens is 1. The summed E-state index contributed by atoms with van der Waals surface area (Å²) in [6, 6.07) is 1.82. The van der Waals surface area contributed by atoms with Crippen molar-refractivity contribution in [2.24, 2.45) is 12.0 Å². The van der Waals surface area contributed by atoms with Gasteiger partial charge >= 0.3 is 0 Å². The molecule has 5 nitrogen and oxygen atoms in total. The summed E-state index contributed by atoms with van der Waals surface area (Å²) < 4.78 is 1.73. The van der Waals surface area contributed by atoms with E-state index in [9.17, 15) is 5.11 Å². The van der Waals surface area contributed by atoms with Gasteiger partial charge < -0.3 is 9.67 Å². The Bertz CT molecular complexity index is 777. The highest BCUT2D eigenvalue weighted by molar-refractivity contribution is 6.31. The van der Waals surface area contributed by atoms with E-state index < -0.39 is 0 Å². The number of nitrogens with zero attached hydrogens (tertiary/aromatic N) is 4. The minimum Gasteiger partial charge on any atom is -0.493 e. The summed E-state index contributed by atoms with van der Waals surface area (Å²) in [6.45, 7) is 2.13. The normalized spacial score (nSPS) is 14.8. The molecule has 0 spiro atoms. The Morgan fingerprint density at radius 1 is 1.41 bits per heavy atom. The smallest absolute Gasteiger partial charge is 0.218 e. The van der Waals surface area contributed by atoms with Crippen molar-refractivity contribution in [3.8, 4) is 5.88 Å². The van der Waals surface area contributed by atoms with Crippen LogP contribution in [0, 0.1) is 0 Å². The fourth-order valence-electron chi connectivity index (χ4n) is 2.42. The molecule has 0 saturated carbocycles. The van der Waals surface area contributed by atoms with E-state index in [1.54, 1.807) is 17.0 Å². The number of aromatic hydroxyl groups is 1. The first-order chi connectivity index (χ1) is 10.6. The molecule has 0 fully saturated rings. The van der Waals surface area contributed by atoms with Gasteiger partial charge in [-0.05, 0) is 18.6 Å². The molecule has 3 heterocycles. The lowest BCUT2D eigenvalue weighted by atomic mass is 10.1. The van der Waals surface area contributed by atoms with E-state index in [-0.39, 0.29) is 5.88 Å². The molecule has 1 N–H and O–H groups in total. The van der Waals surface area contributed by atoms with E-state index in [1.807, 2.05) is 19.2 Å². The number of aliphatic imine (C=N–C) groups is 1. The monoisotopic (exact) mass is 316 g/mol. The van der Waals surface area contributed by atoms with Gasteiger partial charge in [0.25, 0.3) is 0 Å². The number of aryl methyl sites for hydroxylation is 1. The molecule has 22 heavy (non-hydrogen) atoms. The van der Waals surface area contributed by atoms with Gasteiger partial charge in [0.1, 0.15) is 11.5 Å². The molecule has 114 valence electrons. The molecule has 0 amide bonds. The molecule has 0 bridgehead atoms. The van der Waals surface area contributed by atoms with Crippen LogP contribution < -0.4 is 0 Å². The van der Waals surface area contributed by atoms with Gasteiger partial charge in [-0.1, -0.05) is 24.9 Å². The maximum Gasteiger partial charge on any atom is 0.218 e. The second kappa shape index (κ2) is 5.93. The van der Waals surface area contributed by atoms with Crippen LogP contribution in [0.2, 0.25) is 5.02 Å². The summed E-state index contributed by atoms with van der Waals surface area (Å²) in [7, 11) is 1.82. The van der Waals surface area contributed by atoms with Crippen molar-refractivity contribution in [3.63, 3.8) is 0 Å². The molecular formula is C16H17ClN4O. The van der Waals surface area contributed by atoms with Crippen molar-refractivity contribution in [3.05, 3.63) is 34.4 Å². The summed E-state index contributed by atoms with van der Waals surface area (Å²) in [5.41, 5.74) is 2.25. The average molecular weight is 317 g/mol. The van der Waals surface area contributed by atoms with Gasteiger partial charge in [0.05, 0.1) is 5.02 Å². The molecular weight excluding hydrogens is 300 g/mol. The molecule has 1 aliphatic rings. The zero-order chi connectivity index (χ0) is 15.7. The molecule has 2 aromatic heterocycles. The third-order valence-corrected chi connectivity index (χ3v) is 3.91. The molecule has 0 unspecified atom stereocenters. The first kappa shape index (κ1) is 14.8. The summed E-state index contributed by atoms with van der Waals surface area (Å²) in [4.78, 5) is 13.0. The fraction of sp³-hybridized carbons (Fsp3) is 0.312. The maximum atomic E-state index is 10.3. The number of imidazole rings is 1. The number of allylic oxidation sites excluding steroid dienone is 1. The highest BCUT2D eigenvalue weighted by Crippen LogP contribution is 2.33. The van der Waals surface area contributed by atoms with Gasteiger partial charge in [0.15, 0.2) is 5.82 Å². The van der Waals surface area contributed by atoms with Crippen molar-refractivity contribution < 1.29 is 5.11 Å². The molecule has 0 radical (unpaired) electrons. The molecule has 0 aliphatic carbocycles. The average Bonchev–Trinajstić information content (AvgIpc) is 3.02. The van der Waals surface area contributed by atoms with Gasteiger partial charge in [-0.15, -0.1) is 0 Å². The first-order valence-corrected chi connectivity index (χ1v) is 7.64. The summed E-state index contributed by atoms with van der Waals surface area (Å²) in [6.07, 6.45) is 8.09. The SMILES string of the molecule is CCCCc1nc(C=C2C=Nc3ncc(Cl)cc32)c(O)n1C. The van der Waals surface area contributed by atoms with Crippen LogP contribution in [-0.2, 0) is 13.5 Å². The maximum absolute atomic E-state index is 10.3. The molecule has 6 heteroatoms. The third-order valence-electron chi connectivity index (χ3n) is 3.70. The van der Waals surface area contributed by atoms with E-state index in [4.69, 9.17) is 11.6 Å². The summed E-state index contributed by atoms with van der Waals surface area (Å²) >= 11 is 6.00. The summed E-state index contributed by atoms with van der Waals surface area (Å²) in [5, 5.41) is 10.8. The lowest BCUT2D eigenvalue weighted by Crippen LogP contribution is -1.97. The predicted octanol–water partition coefficient (Wildman–Crippen LogP) is 3.77. The Morgan fingerprint density at radius 3 is 3.00 bits per heavy atom. The Hall–Kier alpha value is -2.14. The quantitative estimate of drug-likeness (QED) is 0.933. The molecule has 3 rings (SSSR count). The third kappa shape index (κ3) is 2.64. The van der Waals surface area contributed by atoms with Crippen LogP contribution in [0.4, 0.5) is 5.82 Å². The number of unbranched alkanes of at least 4 members (excludes halogenated alkanes) is 1. The van der Waals surface area contributed by atoms with Crippen LogP contribution in [0.1, 0.15) is 36.8 Å². The van der Waals surface area contributed by atoms with Gasteiger partial charge in [-0.2, -0.15) is 0 Å². The largest absolute Gasteiger partial charge is 0.493 e. The van der Waals surface area contributed by atoms with Crippen LogP contribution >= 0.6 is 11.6 Å². The molecule has 0 atom stereocenters. The minimum atomic E-state index is 0.162. The number of rotatable bonds is 4. The standard InChI is InChI=1S/C16H17ClN4O/c1-3-4-5-14-20-13(16(22)21(14)2)6-10-8-18-15-12(10)7-11(17)9-19-15/h6-9,22H,3-5H2,1-2H3. The van der Waals surface area contributed by atoms with E-state index in [0.717, 1.165) is 36.2 Å². The van der Waals surface area contributed by atoms with Gasteiger partial charge in [-0.3, -0.25) is 0 Å². The van der Waals surface area contributed by atoms with E-state index in [1.165, 1.54) is 0 Å². The van der Waals surface area contributed by atoms with Gasteiger partial charge in [-0.25, -0.2) is 15.0 Å². The van der Waals surface area contributed by atoms with Crippen LogP contribution in [0.15, 0.2) is 17.3 Å². The Morgan fingerprint density at radius 2 is 2.23 bits per heavy atom. The van der Waals surface area contributed by atoms with Crippen LogP contribution in [0.3, 0.4) is 0 Å². The molecule has 0 aromatic carbocycles. The molecule has 1 aliphatic heterocycles. The van der Waals surface area contributed by atoms with Crippen molar-refractivity contribution in [1.29, 1.82) is 0 Å². The Kier molecular flexibility index (Phi) is 3.98. The van der Waals surface area contributed by atoms with Crippen LogP contribution in [0.25, 0.3) is 11.6 Å². The van der Waals surface area contributed by atoms with Gasteiger partial charge in [0.2, 0.25) is 5.88 Å². The van der Waals surface area contributed by atoms with Crippen molar-refractivity contribution in [1.82, 2.24) is 14.5 Å². The van der Waals surface area contributed by atoms with Gasteiger partial charge in [0, 0.05) is 37.0 Å². The highest BCUT2D eigenvalue weighted by Gasteiger charge is 2.17. The number of hydrogen-bond donors (Lipinski definition) is 1. The highest BCUT2D eigenvalue weighted by atomic mass is 35.5. The van der Waals surface area contributed by atoms with E-state index in [0.29, 0.717) is 16.5 Å². The summed E-state index contributed by atoms with van der Waals surface area (Å²) in [5.74, 6) is 1.68. The number of hydrogen-bond acceptors (Lipinski definition) is 4. The molecule has 0 saturated heterocycles. The molecule has 2 aromatic rings. The van der Waals surface area contributed by atoms with Crippen molar-refractivity contribution >= 4 is 35.3 Å². The minimum absolute atomic E-state index is 0.162. The number of pyridine rings is 1. The lowest BCUT2D eigenvalue weighted by molar-refractivity contribution is 0.427. The number of aromatic nitrogens is 3. The van der Waals surface area contributed by atoms with E-state index in [2.05, 4.69) is 21.9 Å². The first-order valence-electron chi connectivity index (χ1n) is 7.26.